The van der Waals surface area contributed by atoms with Crippen molar-refractivity contribution < 1.29 is 19.4 Å². The SMILES string of the molecule is CC1(NC(=O)C(=O)[O-])COC1. The molecule has 0 aromatic heterocycles. The van der Waals surface area contributed by atoms with E-state index in [2.05, 4.69) is 5.32 Å². The molecule has 5 heteroatoms. The molecule has 1 amide bonds. The lowest BCUT2D eigenvalue weighted by Gasteiger charge is -2.38. The fraction of sp³-hybridized carbons (Fsp3) is 0.667. The van der Waals surface area contributed by atoms with Gasteiger partial charge in [0.15, 0.2) is 0 Å². The first kappa shape index (κ1) is 8.00. The van der Waals surface area contributed by atoms with Gasteiger partial charge >= 0.3 is 0 Å². The van der Waals surface area contributed by atoms with E-state index in [1.54, 1.807) is 6.92 Å². The van der Waals surface area contributed by atoms with Gasteiger partial charge in [0.2, 0.25) is 0 Å². The minimum atomic E-state index is -1.71. The van der Waals surface area contributed by atoms with Gasteiger partial charge in [-0.25, -0.2) is 0 Å². The van der Waals surface area contributed by atoms with Crippen LogP contribution in [-0.2, 0) is 14.3 Å². The minimum Gasteiger partial charge on any atom is -0.540 e. The lowest BCUT2D eigenvalue weighted by molar-refractivity contribution is -0.300. The summed E-state index contributed by atoms with van der Waals surface area (Å²) < 4.78 is 4.79. The smallest absolute Gasteiger partial charge is 0.267 e. The summed E-state index contributed by atoms with van der Waals surface area (Å²) in [6.45, 7) is 2.41. The van der Waals surface area contributed by atoms with Crippen LogP contribution in [0.1, 0.15) is 6.92 Å². The van der Waals surface area contributed by atoms with Crippen molar-refractivity contribution in [2.24, 2.45) is 0 Å². The predicted octanol–water partition coefficient (Wildman–Crippen LogP) is -2.36. The van der Waals surface area contributed by atoms with E-state index in [-0.39, 0.29) is 0 Å². The first-order valence-electron chi connectivity index (χ1n) is 3.15. The summed E-state index contributed by atoms with van der Waals surface area (Å²) in [5.74, 6) is -2.80. The predicted molar refractivity (Wildman–Crippen MR) is 32.4 cm³/mol. The molecule has 0 aromatic rings. The molecule has 0 saturated carbocycles. The van der Waals surface area contributed by atoms with Crippen LogP contribution in [0.15, 0.2) is 0 Å². The lowest BCUT2D eigenvalue weighted by Crippen LogP contribution is -2.62. The normalized spacial score (nSPS) is 20.1. The van der Waals surface area contributed by atoms with Gasteiger partial charge in [0.25, 0.3) is 5.91 Å². The standard InChI is InChI=1S/C6H9NO4/c1-6(2-11-3-6)7-4(8)5(9)10/h2-3H2,1H3,(H,7,8)(H,9,10)/p-1. The molecule has 62 valence electrons. The van der Waals surface area contributed by atoms with Crippen molar-refractivity contribution in [3.05, 3.63) is 0 Å². The highest BCUT2D eigenvalue weighted by molar-refractivity contribution is 6.30. The molecule has 0 bridgehead atoms. The third kappa shape index (κ3) is 1.68. The zero-order chi connectivity index (χ0) is 8.48. The van der Waals surface area contributed by atoms with Crippen molar-refractivity contribution >= 4 is 11.9 Å². The van der Waals surface area contributed by atoms with Crippen molar-refractivity contribution in [1.82, 2.24) is 5.32 Å². The Bertz CT molecular complexity index is 197. The molecule has 0 aromatic carbocycles. The molecule has 1 N–H and O–H groups in total. The Labute approximate surface area is 63.3 Å². The first-order chi connectivity index (χ1) is 5.03. The Morgan fingerprint density at radius 3 is 2.36 bits per heavy atom. The van der Waals surface area contributed by atoms with Crippen LogP contribution in [0.4, 0.5) is 0 Å². The van der Waals surface area contributed by atoms with Gasteiger partial charge in [-0.15, -0.1) is 0 Å². The van der Waals surface area contributed by atoms with Gasteiger partial charge < -0.3 is 20.0 Å². The lowest BCUT2D eigenvalue weighted by atomic mass is 10.0. The summed E-state index contributed by atoms with van der Waals surface area (Å²) in [7, 11) is 0. The second-order valence-corrected chi connectivity index (χ2v) is 2.80. The number of carbonyl (C=O) groups excluding carboxylic acids is 2. The molecule has 1 rings (SSSR count). The van der Waals surface area contributed by atoms with Crippen molar-refractivity contribution in [2.75, 3.05) is 13.2 Å². The highest BCUT2D eigenvalue weighted by Crippen LogP contribution is 2.14. The number of amides is 1. The quantitative estimate of drug-likeness (QED) is 0.433. The van der Waals surface area contributed by atoms with Gasteiger partial charge in [-0.3, -0.25) is 4.79 Å². The molecule has 11 heavy (non-hydrogen) atoms. The zero-order valence-corrected chi connectivity index (χ0v) is 6.05. The summed E-state index contributed by atoms with van der Waals surface area (Å²) >= 11 is 0. The monoisotopic (exact) mass is 158 g/mol. The summed E-state index contributed by atoms with van der Waals surface area (Å²) in [6, 6.07) is 0. The maximum atomic E-state index is 10.5. The third-order valence-corrected chi connectivity index (χ3v) is 1.44. The second-order valence-electron chi connectivity index (χ2n) is 2.80. The van der Waals surface area contributed by atoms with Gasteiger partial charge in [-0.2, -0.15) is 0 Å². The Balaban J connectivity index is 2.41. The maximum Gasteiger partial charge on any atom is 0.267 e. The zero-order valence-electron chi connectivity index (χ0n) is 6.05. The molecule has 1 aliphatic heterocycles. The molecule has 1 saturated heterocycles. The molecule has 1 heterocycles. The molecular formula is C6H8NO4-. The number of aliphatic carboxylic acids is 1. The molecule has 1 aliphatic rings. The molecule has 0 unspecified atom stereocenters. The Morgan fingerprint density at radius 1 is 1.55 bits per heavy atom. The molecular weight excluding hydrogens is 150 g/mol. The number of carboxylic acids is 1. The first-order valence-corrected chi connectivity index (χ1v) is 3.15. The van der Waals surface area contributed by atoms with E-state index in [9.17, 15) is 14.7 Å². The fourth-order valence-electron chi connectivity index (χ4n) is 0.806. The van der Waals surface area contributed by atoms with Crippen LogP contribution in [0.25, 0.3) is 0 Å². The van der Waals surface area contributed by atoms with E-state index < -0.39 is 17.4 Å². The van der Waals surface area contributed by atoms with E-state index in [1.807, 2.05) is 0 Å². The number of rotatable bonds is 1. The van der Waals surface area contributed by atoms with E-state index >= 15 is 0 Å². The van der Waals surface area contributed by atoms with Crippen LogP contribution in [-0.4, -0.2) is 30.6 Å². The van der Waals surface area contributed by atoms with Crippen LogP contribution in [0.5, 0.6) is 0 Å². The highest BCUT2D eigenvalue weighted by Gasteiger charge is 2.34. The van der Waals surface area contributed by atoms with Crippen molar-refractivity contribution in [3.8, 4) is 0 Å². The number of carboxylic acid groups (broad SMARTS) is 1. The largest absolute Gasteiger partial charge is 0.540 e. The summed E-state index contributed by atoms with van der Waals surface area (Å²) in [4.78, 5) is 20.5. The van der Waals surface area contributed by atoms with Gasteiger partial charge in [-0.1, -0.05) is 0 Å². The summed E-state index contributed by atoms with van der Waals surface area (Å²) in [5.41, 5.74) is -0.517. The fourth-order valence-corrected chi connectivity index (χ4v) is 0.806. The number of hydrogen-bond acceptors (Lipinski definition) is 4. The van der Waals surface area contributed by atoms with Gasteiger partial charge in [0.1, 0.15) is 5.97 Å². The molecule has 5 nitrogen and oxygen atoms in total. The van der Waals surface area contributed by atoms with Crippen LogP contribution in [0, 0.1) is 0 Å². The van der Waals surface area contributed by atoms with E-state index in [0.717, 1.165) is 0 Å². The van der Waals surface area contributed by atoms with Crippen molar-refractivity contribution in [2.45, 2.75) is 12.5 Å². The average Bonchev–Trinajstić information content (AvgIpc) is 1.84. The molecule has 0 radical (unpaired) electrons. The number of carbonyl (C=O) groups is 2. The van der Waals surface area contributed by atoms with Crippen LogP contribution in [0.3, 0.4) is 0 Å². The Hall–Kier alpha value is -1.10. The third-order valence-electron chi connectivity index (χ3n) is 1.44. The Morgan fingerprint density at radius 2 is 2.09 bits per heavy atom. The molecule has 1 fully saturated rings. The van der Waals surface area contributed by atoms with Gasteiger partial charge in [-0.05, 0) is 6.92 Å². The topological polar surface area (TPSA) is 78.5 Å². The minimum absolute atomic E-state index is 0.353. The number of hydrogen-bond donors (Lipinski definition) is 1. The highest BCUT2D eigenvalue weighted by atomic mass is 16.5. The average molecular weight is 158 g/mol. The van der Waals surface area contributed by atoms with E-state index in [0.29, 0.717) is 13.2 Å². The van der Waals surface area contributed by atoms with Crippen molar-refractivity contribution in [3.63, 3.8) is 0 Å². The summed E-state index contributed by atoms with van der Waals surface area (Å²) in [5, 5.41) is 12.2. The maximum absolute atomic E-state index is 10.5. The Kier molecular flexibility index (Phi) is 1.82. The number of nitrogens with one attached hydrogen (secondary N) is 1. The van der Waals surface area contributed by atoms with Crippen molar-refractivity contribution in [1.29, 1.82) is 0 Å². The molecule has 0 atom stereocenters. The van der Waals surface area contributed by atoms with Gasteiger partial charge in [0, 0.05) is 0 Å². The molecule has 0 spiro atoms. The number of ether oxygens (including phenoxy) is 1. The van der Waals surface area contributed by atoms with Crippen LogP contribution < -0.4 is 10.4 Å². The van der Waals surface area contributed by atoms with Gasteiger partial charge in [0.05, 0.1) is 18.8 Å². The van der Waals surface area contributed by atoms with Crippen LogP contribution >= 0.6 is 0 Å². The second kappa shape index (κ2) is 2.50. The van der Waals surface area contributed by atoms with E-state index in [4.69, 9.17) is 4.74 Å². The van der Waals surface area contributed by atoms with Crippen LogP contribution in [0.2, 0.25) is 0 Å². The summed E-state index contributed by atoms with van der Waals surface area (Å²) in [6.07, 6.45) is 0. The van der Waals surface area contributed by atoms with E-state index in [1.165, 1.54) is 0 Å². The molecule has 0 aliphatic carbocycles.